The van der Waals surface area contributed by atoms with Gasteiger partial charge in [-0.1, -0.05) is 56.3 Å². The fourth-order valence-corrected chi connectivity index (χ4v) is 3.59. The zero-order valence-electron chi connectivity index (χ0n) is 14.6. The van der Waals surface area contributed by atoms with E-state index in [2.05, 4.69) is 50.2 Å². The highest BCUT2D eigenvalue weighted by molar-refractivity contribution is 5.76. The van der Waals surface area contributed by atoms with E-state index < -0.39 is 11.9 Å². The smallest absolute Gasteiger partial charge is 0.311 e. The Labute approximate surface area is 144 Å². The van der Waals surface area contributed by atoms with Crippen molar-refractivity contribution >= 4 is 5.97 Å². The summed E-state index contributed by atoms with van der Waals surface area (Å²) in [5, 5.41) is 9.73. The third-order valence-electron chi connectivity index (χ3n) is 5.16. The molecule has 1 aliphatic carbocycles. The molecule has 126 valence electrons. The van der Waals surface area contributed by atoms with Gasteiger partial charge in [-0.15, -0.1) is 0 Å². The number of benzene rings is 2. The maximum atomic E-state index is 11.8. The molecular weight excluding hydrogens is 296 g/mol. The molecule has 2 aromatic carbocycles. The van der Waals surface area contributed by atoms with E-state index in [4.69, 9.17) is 0 Å². The van der Waals surface area contributed by atoms with Crippen LogP contribution >= 0.6 is 0 Å². The lowest BCUT2D eigenvalue weighted by molar-refractivity contribution is -0.138. The highest BCUT2D eigenvalue weighted by atomic mass is 16.4. The number of carboxylic acids is 1. The quantitative estimate of drug-likeness (QED) is 0.831. The molecule has 3 rings (SSSR count). The summed E-state index contributed by atoms with van der Waals surface area (Å²) in [6.07, 6.45) is 5.22. The van der Waals surface area contributed by atoms with Gasteiger partial charge in [0.25, 0.3) is 0 Å². The van der Waals surface area contributed by atoms with Gasteiger partial charge in [-0.2, -0.15) is 0 Å². The van der Waals surface area contributed by atoms with E-state index in [-0.39, 0.29) is 0 Å². The van der Waals surface area contributed by atoms with Gasteiger partial charge >= 0.3 is 5.97 Å². The highest BCUT2D eigenvalue weighted by Crippen LogP contribution is 2.28. The molecule has 1 N–H and O–H groups in total. The standard InChI is InChI=1S/C22H26O2/c1-15(2)17-9-7-16(8-10-17)13-21(22(23)24)20-12-11-18-5-3-4-6-19(18)14-20/h7-12,14-15,21H,3-6,13H2,1-2H3,(H,23,24). The average molecular weight is 322 g/mol. The Bertz CT molecular complexity index is 713. The van der Waals surface area contributed by atoms with Crippen molar-refractivity contribution in [2.75, 3.05) is 0 Å². The molecule has 2 heteroatoms. The zero-order valence-corrected chi connectivity index (χ0v) is 14.6. The first-order valence-corrected chi connectivity index (χ1v) is 8.98. The Morgan fingerprint density at radius 1 is 0.958 bits per heavy atom. The Kier molecular flexibility index (Phi) is 5.03. The third kappa shape index (κ3) is 3.69. The molecule has 1 atom stereocenters. The summed E-state index contributed by atoms with van der Waals surface area (Å²) >= 11 is 0. The summed E-state index contributed by atoms with van der Waals surface area (Å²) in [4.78, 5) is 11.8. The van der Waals surface area contributed by atoms with Crippen LogP contribution in [0, 0.1) is 0 Å². The van der Waals surface area contributed by atoms with Crippen LogP contribution in [0.3, 0.4) is 0 Å². The first-order valence-electron chi connectivity index (χ1n) is 8.98. The van der Waals surface area contributed by atoms with Crippen LogP contribution in [0.1, 0.15) is 66.3 Å². The number of aliphatic carboxylic acids is 1. The van der Waals surface area contributed by atoms with Crippen LogP contribution < -0.4 is 0 Å². The summed E-state index contributed by atoms with van der Waals surface area (Å²) in [7, 11) is 0. The SMILES string of the molecule is CC(C)c1ccc(CC(C(=O)O)c2ccc3c(c2)CCCC3)cc1. The highest BCUT2D eigenvalue weighted by Gasteiger charge is 2.22. The molecule has 0 saturated carbocycles. The number of aryl methyl sites for hydroxylation is 2. The van der Waals surface area contributed by atoms with E-state index in [1.807, 2.05) is 6.07 Å². The van der Waals surface area contributed by atoms with Crippen LogP contribution in [0.25, 0.3) is 0 Å². The molecule has 1 unspecified atom stereocenters. The van der Waals surface area contributed by atoms with Crippen molar-refractivity contribution in [3.8, 4) is 0 Å². The summed E-state index contributed by atoms with van der Waals surface area (Å²) in [6, 6.07) is 14.7. The maximum absolute atomic E-state index is 11.8. The van der Waals surface area contributed by atoms with Crippen molar-refractivity contribution in [1.29, 1.82) is 0 Å². The molecule has 0 saturated heterocycles. The maximum Gasteiger partial charge on any atom is 0.311 e. The van der Waals surface area contributed by atoms with E-state index >= 15 is 0 Å². The molecule has 0 fully saturated rings. The lowest BCUT2D eigenvalue weighted by Gasteiger charge is -2.19. The van der Waals surface area contributed by atoms with Gasteiger partial charge in [0.2, 0.25) is 0 Å². The van der Waals surface area contributed by atoms with Crippen LogP contribution in [-0.2, 0) is 24.1 Å². The van der Waals surface area contributed by atoms with Crippen LogP contribution in [0.2, 0.25) is 0 Å². The molecule has 2 nitrogen and oxygen atoms in total. The Hall–Kier alpha value is -2.09. The molecule has 0 amide bonds. The number of hydrogen-bond donors (Lipinski definition) is 1. The van der Waals surface area contributed by atoms with Gasteiger partial charge in [-0.25, -0.2) is 0 Å². The molecule has 0 spiro atoms. The lowest BCUT2D eigenvalue weighted by atomic mass is 9.85. The largest absolute Gasteiger partial charge is 0.481 e. The molecule has 1 aliphatic rings. The second-order valence-corrected chi connectivity index (χ2v) is 7.23. The van der Waals surface area contributed by atoms with Gasteiger partial charge in [-0.05, 0) is 65.8 Å². The third-order valence-corrected chi connectivity index (χ3v) is 5.16. The predicted molar refractivity (Wildman–Crippen MR) is 97.7 cm³/mol. The molecule has 0 aliphatic heterocycles. The van der Waals surface area contributed by atoms with Gasteiger partial charge in [0.1, 0.15) is 0 Å². The number of carbonyl (C=O) groups is 1. The summed E-state index contributed by atoms with van der Waals surface area (Å²) in [5.74, 6) is -0.712. The zero-order chi connectivity index (χ0) is 17.1. The number of fused-ring (bicyclic) bond motifs is 1. The summed E-state index contributed by atoms with van der Waals surface area (Å²) < 4.78 is 0. The van der Waals surface area contributed by atoms with Crippen molar-refractivity contribution in [2.24, 2.45) is 0 Å². The molecule has 0 bridgehead atoms. The van der Waals surface area contributed by atoms with Crippen molar-refractivity contribution < 1.29 is 9.90 Å². The van der Waals surface area contributed by atoms with E-state index in [1.54, 1.807) is 0 Å². The second-order valence-electron chi connectivity index (χ2n) is 7.23. The van der Waals surface area contributed by atoms with Crippen LogP contribution in [-0.4, -0.2) is 11.1 Å². The first kappa shape index (κ1) is 16.8. The summed E-state index contributed by atoms with van der Waals surface area (Å²) in [6.45, 7) is 4.34. The summed E-state index contributed by atoms with van der Waals surface area (Å²) in [5.41, 5.74) is 6.07. The average Bonchev–Trinajstić information content (AvgIpc) is 2.59. The van der Waals surface area contributed by atoms with Crippen LogP contribution in [0.4, 0.5) is 0 Å². The van der Waals surface area contributed by atoms with Gasteiger partial charge in [-0.3, -0.25) is 4.79 Å². The molecular formula is C22H26O2. The molecule has 2 aromatic rings. The second kappa shape index (κ2) is 7.21. The van der Waals surface area contributed by atoms with Crippen molar-refractivity contribution in [3.63, 3.8) is 0 Å². The number of rotatable bonds is 5. The lowest BCUT2D eigenvalue weighted by Crippen LogP contribution is -2.15. The number of hydrogen-bond acceptors (Lipinski definition) is 1. The fraction of sp³-hybridized carbons (Fsp3) is 0.409. The van der Waals surface area contributed by atoms with E-state index in [0.29, 0.717) is 12.3 Å². The van der Waals surface area contributed by atoms with E-state index in [1.165, 1.54) is 29.5 Å². The fourth-order valence-electron chi connectivity index (χ4n) is 3.59. The minimum atomic E-state index is -0.737. The monoisotopic (exact) mass is 322 g/mol. The van der Waals surface area contributed by atoms with E-state index in [0.717, 1.165) is 24.0 Å². The van der Waals surface area contributed by atoms with Crippen LogP contribution in [0.5, 0.6) is 0 Å². The first-order chi connectivity index (χ1) is 11.5. The van der Waals surface area contributed by atoms with E-state index in [9.17, 15) is 9.90 Å². The van der Waals surface area contributed by atoms with Crippen LogP contribution in [0.15, 0.2) is 42.5 Å². The van der Waals surface area contributed by atoms with Gasteiger partial charge < -0.3 is 5.11 Å². The normalized spacial score (nSPS) is 15.1. The van der Waals surface area contributed by atoms with Gasteiger partial charge in [0.05, 0.1) is 5.92 Å². The Morgan fingerprint density at radius 3 is 2.21 bits per heavy atom. The molecule has 0 heterocycles. The topological polar surface area (TPSA) is 37.3 Å². The predicted octanol–water partition coefficient (Wildman–Crippen LogP) is 5.10. The number of carboxylic acid groups (broad SMARTS) is 1. The van der Waals surface area contributed by atoms with Crippen molar-refractivity contribution in [1.82, 2.24) is 0 Å². The van der Waals surface area contributed by atoms with Crippen molar-refractivity contribution in [3.05, 3.63) is 70.3 Å². The molecule has 0 radical (unpaired) electrons. The van der Waals surface area contributed by atoms with Gasteiger partial charge in [0, 0.05) is 0 Å². The Morgan fingerprint density at radius 2 is 1.58 bits per heavy atom. The van der Waals surface area contributed by atoms with Crippen molar-refractivity contribution in [2.45, 2.75) is 57.8 Å². The molecule has 0 aromatic heterocycles. The minimum absolute atomic E-state index is 0.470. The van der Waals surface area contributed by atoms with Gasteiger partial charge in [0.15, 0.2) is 0 Å². The minimum Gasteiger partial charge on any atom is -0.481 e. The Balaban J connectivity index is 1.83. The molecule has 24 heavy (non-hydrogen) atoms.